The van der Waals surface area contributed by atoms with Gasteiger partial charge in [0.05, 0.1) is 0 Å². The molecule has 0 heterocycles. The first-order chi connectivity index (χ1) is 8.13. The van der Waals surface area contributed by atoms with E-state index < -0.39 is 0 Å². The van der Waals surface area contributed by atoms with E-state index in [1.165, 1.54) is 48.6 Å². The zero-order valence-electron chi connectivity index (χ0n) is 12.5. The maximum atomic E-state index is 3.42. The summed E-state index contributed by atoms with van der Waals surface area (Å²) in [6.07, 6.45) is 13.5. The van der Waals surface area contributed by atoms with Crippen LogP contribution in [0, 0.1) is 0 Å². The molecule has 0 aromatic carbocycles. The van der Waals surface area contributed by atoms with Crippen molar-refractivity contribution in [1.29, 1.82) is 0 Å². The second-order valence-corrected chi connectivity index (χ2v) is 5.11. The van der Waals surface area contributed by atoms with Gasteiger partial charge in [0, 0.05) is 0 Å². The summed E-state index contributed by atoms with van der Waals surface area (Å²) >= 11 is 3.42. The molecule has 0 nitrogen and oxygen atoms in total. The van der Waals surface area contributed by atoms with Gasteiger partial charge in [0.15, 0.2) is 0 Å². The molecule has 1 heteroatoms. The van der Waals surface area contributed by atoms with Crippen LogP contribution in [0.3, 0.4) is 0 Å². The molecule has 0 aliphatic heterocycles. The van der Waals surface area contributed by atoms with Crippen LogP contribution in [0.25, 0.3) is 0 Å². The van der Waals surface area contributed by atoms with Gasteiger partial charge in [-0.1, -0.05) is 66.2 Å². The second kappa shape index (κ2) is 16.0. The minimum Gasteiger partial charge on any atom is -0.0654 e. The minimum absolute atomic E-state index is 1.09. The molecule has 0 aromatic heterocycles. The standard InChI is InChI=1S/C6H7.2C5H12.Mn/c1-6-4-2-3-5-6;2*1-3-5-4-2;/h2,4H,3H2,1H3;2*3-5H2,1-2H3;. The van der Waals surface area contributed by atoms with Crippen molar-refractivity contribution in [3.8, 4) is 0 Å². The topological polar surface area (TPSA) is 0 Å². The largest absolute Gasteiger partial charge is 0.0654 e. The Labute approximate surface area is 118 Å². The molecular weight excluding hydrogens is 247 g/mol. The predicted octanol–water partition coefficient (Wildman–Crippen LogP) is 6.16. The number of allylic oxidation sites excluding steroid dienone is 4. The predicted molar refractivity (Wildman–Crippen MR) is 76.9 cm³/mol. The van der Waals surface area contributed by atoms with Crippen molar-refractivity contribution in [2.75, 3.05) is 0 Å². The second-order valence-electron chi connectivity index (χ2n) is 4.40. The SMILES string of the molecule is CC1=[C]([Mn])CC=C1.CCCCC.CCCCC. The number of unbranched alkanes of at least 4 members (excludes halogenated alkanes) is 4. The average Bonchev–Trinajstić information content (AvgIpc) is 2.67. The van der Waals surface area contributed by atoms with Gasteiger partial charge in [-0.25, -0.2) is 0 Å². The van der Waals surface area contributed by atoms with Crippen LogP contribution in [0.5, 0.6) is 0 Å². The van der Waals surface area contributed by atoms with Gasteiger partial charge in [-0.05, 0) is 0 Å². The van der Waals surface area contributed by atoms with Crippen LogP contribution >= 0.6 is 0 Å². The van der Waals surface area contributed by atoms with E-state index in [9.17, 15) is 0 Å². The van der Waals surface area contributed by atoms with Crippen LogP contribution in [0.2, 0.25) is 0 Å². The summed E-state index contributed by atoms with van der Waals surface area (Å²) in [7, 11) is 0. The van der Waals surface area contributed by atoms with Gasteiger partial charge in [0.1, 0.15) is 0 Å². The molecule has 0 saturated carbocycles. The van der Waals surface area contributed by atoms with E-state index in [4.69, 9.17) is 0 Å². The van der Waals surface area contributed by atoms with Crippen LogP contribution in [0.4, 0.5) is 0 Å². The molecule has 0 atom stereocenters. The molecule has 0 spiro atoms. The van der Waals surface area contributed by atoms with Gasteiger partial charge in [-0.15, -0.1) is 0 Å². The van der Waals surface area contributed by atoms with E-state index in [1.54, 1.807) is 0 Å². The van der Waals surface area contributed by atoms with Gasteiger partial charge in [0.2, 0.25) is 0 Å². The van der Waals surface area contributed by atoms with E-state index in [0.29, 0.717) is 0 Å². The summed E-state index contributed by atoms with van der Waals surface area (Å²) in [5.74, 6) is 0. The summed E-state index contributed by atoms with van der Waals surface area (Å²) in [5, 5.41) is 0. The van der Waals surface area contributed by atoms with Crippen LogP contribution in [0.1, 0.15) is 79.6 Å². The molecular formula is C16H31Mn. The van der Waals surface area contributed by atoms with Crippen molar-refractivity contribution in [2.45, 2.75) is 79.6 Å². The third kappa shape index (κ3) is 16.0. The van der Waals surface area contributed by atoms with Gasteiger partial charge >= 0.3 is 51.6 Å². The van der Waals surface area contributed by atoms with Crippen LogP contribution < -0.4 is 0 Å². The fraction of sp³-hybridized carbons (Fsp3) is 0.750. The normalized spacial score (nSPS) is 12.8. The van der Waals surface area contributed by atoms with E-state index in [2.05, 4.69) is 62.8 Å². The summed E-state index contributed by atoms with van der Waals surface area (Å²) in [4.78, 5) is 0. The molecule has 0 fully saturated rings. The van der Waals surface area contributed by atoms with E-state index in [-0.39, 0.29) is 0 Å². The molecule has 0 unspecified atom stereocenters. The monoisotopic (exact) mass is 278 g/mol. The Morgan fingerprint density at radius 2 is 1.35 bits per heavy atom. The summed E-state index contributed by atoms with van der Waals surface area (Å²) in [6.45, 7) is 11.0. The van der Waals surface area contributed by atoms with Crippen molar-refractivity contribution in [1.82, 2.24) is 0 Å². The zero-order valence-corrected chi connectivity index (χ0v) is 13.7. The molecule has 102 valence electrons. The van der Waals surface area contributed by atoms with Gasteiger partial charge in [0.25, 0.3) is 0 Å². The fourth-order valence-electron chi connectivity index (χ4n) is 1.30. The van der Waals surface area contributed by atoms with E-state index in [1.807, 2.05) is 0 Å². The molecule has 1 rings (SSSR count). The Kier molecular flexibility index (Phi) is 18.2. The number of hydrogen-bond acceptors (Lipinski definition) is 0. The molecule has 0 N–H and O–H groups in total. The zero-order chi connectivity index (χ0) is 13.5. The van der Waals surface area contributed by atoms with Crippen molar-refractivity contribution in [2.24, 2.45) is 0 Å². The minimum atomic E-state index is 1.09. The maximum absolute atomic E-state index is 3.42. The molecule has 1 aliphatic carbocycles. The van der Waals surface area contributed by atoms with Crippen molar-refractivity contribution < 1.29 is 16.0 Å². The van der Waals surface area contributed by atoms with Crippen molar-refractivity contribution >= 4 is 0 Å². The van der Waals surface area contributed by atoms with Gasteiger partial charge in [-0.3, -0.25) is 0 Å². The molecule has 17 heavy (non-hydrogen) atoms. The molecule has 0 aromatic rings. The van der Waals surface area contributed by atoms with E-state index in [0.717, 1.165) is 6.42 Å². The molecule has 0 bridgehead atoms. The third-order valence-electron chi connectivity index (χ3n) is 2.51. The first kappa shape index (κ1) is 19.3. The maximum Gasteiger partial charge on any atom is -0.0538 e. The average molecular weight is 278 g/mol. The Morgan fingerprint density at radius 3 is 1.41 bits per heavy atom. The van der Waals surface area contributed by atoms with Crippen LogP contribution in [-0.2, 0) is 16.0 Å². The Hall–Kier alpha value is -0.000519. The molecule has 1 aliphatic rings. The third-order valence-corrected chi connectivity index (χ3v) is 3.21. The summed E-state index contributed by atoms with van der Waals surface area (Å²) < 4.78 is 1.33. The van der Waals surface area contributed by atoms with Crippen LogP contribution in [0.15, 0.2) is 22.2 Å². The summed E-state index contributed by atoms with van der Waals surface area (Å²) in [5.41, 5.74) is 1.36. The van der Waals surface area contributed by atoms with Gasteiger partial charge in [-0.2, -0.15) is 0 Å². The Morgan fingerprint density at radius 1 is 0.941 bits per heavy atom. The Balaban J connectivity index is 0. The van der Waals surface area contributed by atoms with Gasteiger partial charge < -0.3 is 0 Å². The summed E-state index contributed by atoms with van der Waals surface area (Å²) in [6, 6.07) is 0. The first-order valence-electron chi connectivity index (χ1n) is 7.15. The molecule has 0 radical (unpaired) electrons. The fourth-order valence-corrected chi connectivity index (χ4v) is 1.54. The Bertz CT molecular complexity index is 192. The molecule has 0 saturated heterocycles. The molecule has 0 amide bonds. The number of rotatable bonds is 4. The van der Waals surface area contributed by atoms with Crippen molar-refractivity contribution in [3.05, 3.63) is 22.2 Å². The smallest absolute Gasteiger partial charge is 0.0538 e. The quantitative estimate of drug-likeness (QED) is 0.540. The van der Waals surface area contributed by atoms with E-state index >= 15 is 0 Å². The van der Waals surface area contributed by atoms with Crippen LogP contribution in [-0.4, -0.2) is 0 Å². The number of hydrogen-bond donors (Lipinski definition) is 0. The first-order valence-corrected chi connectivity index (χ1v) is 7.74. The van der Waals surface area contributed by atoms with Crippen molar-refractivity contribution in [3.63, 3.8) is 0 Å².